The third-order valence-electron chi connectivity index (χ3n) is 3.78. The Morgan fingerprint density at radius 3 is 2.79 bits per heavy atom. The van der Waals surface area contributed by atoms with Gasteiger partial charge in [-0.25, -0.2) is 0 Å². The molecule has 4 heteroatoms. The molecule has 2 atom stereocenters. The predicted octanol–water partition coefficient (Wildman–Crippen LogP) is 1.07. The number of nitrogens with two attached hydrogens (primary N) is 1. The van der Waals surface area contributed by atoms with Crippen molar-refractivity contribution < 1.29 is 4.79 Å². The van der Waals surface area contributed by atoms with E-state index in [0.29, 0.717) is 6.04 Å². The van der Waals surface area contributed by atoms with E-state index in [1.165, 1.54) is 5.56 Å². The van der Waals surface area contributed by atoms with Crippen LogP contribution in [0.4, 0.5) is 0 Å². The first kappa shape index (κ1) is 14.0. The second kappa shape index (κ2) is 6.17. The zero-order valence-corrected chi connectivity index (χ0v) is 11.7. The molecule has 104 valence electrons. The van der Waals surface area contributed by atoms with Gasteiger partial charge in [-0.05, 0) is 18.9 Å². The summed E-state index contributed by atoms with van der Waals surface area (Å²) < 4.78 is 0. The van der Waals surface area contributed by atoms with E-state index in [9.17, 15) is 4.79 Å². The fraction of sp³-hybridized carbons (Fsp3) is 0.533. The summed E-state index contributed by atoms with van der Waals surface area (Å²) in [5.41, 5.74) is 6.98. The van der Waals surface area contributed by atoms with Gasteiger partial charge in [-0.2, -0.15) is 0 Å². The van der Waals surface area contributed by atoms with Crippen LogP contribution in [-0.4, -0.2) is 47.9 Å². The van der Waals surface area contributed by atoms with Crippen LogP contribution in [0, 0.1) is 0 Å². The number of amides is 1. The van der Waals surface area contributed by atoms with Crippen molar-refractivity contribution in [1.29, 1.82) is 0 Å². The lowest BCUT2D eigenvalue weighted by Gasteiger charge is -2.26. The van der Waals surface area contributed by atoms with Crippen molar-refractivity contribution in [3.8, 4) is 0 Å². The van der Waals surface area contributed by atoms with E-state index >= 15 is 0 Å². The maximum atomic E-state index is 11.9. The highest BCUT2D eigenvalue weighted by Crippen LogP contribution is 2.17. The van der Waals surface area contributed by atoms with Crippen molar-refractivity contribution in [3.63, 3.8) is 0 Å². The van der Waals surface area contributed by atoms with Gasteiger partial charge in [0.15, 0.2) is 0 Å². The Morgan fingerprint density at radius 2 is 2.16 bits per heavy atom. The molecular weight excluding hydrogens is 238 g/mol. The Labute approximate surface area is 115 Å². The molecule has 1 fully saturated rings. The Bertz CT molecular complexity index is 419. The average Bonchev–Trinajstić information content (AvgIpc) is 2.86. The van der Waals surface area contributed by atoms with E-state index in [2.05, 4.69) is 29.2 Å². The molecule has 4 nitrogen and oxygen atoms in total. The van der Waals surface area contributed by atoms with Crippen LogP contribution in [0.3, 0.4) is 0 Å². The summed E-state index contributed by atoms with van der Waals surface area (Å²) in [6.45, 7) is 4.67. The van der Waals surface area contributed by atoms with Crippen LogP contribution in [0.5, 0.6) is 0 Å². The maximum Gasteiger partial charge on any atom is 0.239 e. The Hall–Kier alpha value is -1.39. The normalized spacial score (nSPS) is 21.3. The van der Waals surface area contributed by atoms with E-state index in [0.717, 1.165) is 26.1 Å². The molecule has 0 aliphatic carbocycles. The Balaban J connectivity index is 1.88. The molecule has 0 aromatic heterocycles. The molecule has 19 heavy (non-hydrogen) atoms. The summed E-state index contributed by atoms with van der Waals surface area (Å²) >= 11 is 0. The molecule has 0 bridgehead atoms. The third kappa shape index (κ3) is 3.55. The number of carbonyl (C=O) groups excluding carboxylic acids is 1. The molecule has 1 heterocycles. The number of likely N-dealkylation sites (tertiary alicyclic amines) is 1. The summed E-state index contributed by atoms with van der Waals surface area (Å²) in [6.07, 6.45) is 1.03. The van der Waals surface area contributed by atoms with E-state index in [1.807, 2.05) is 18.0 Å². The second-order valence-corrected chi connectivity index (χ2v) is 5.40. The smallest absolute Gasteiger partial charge is 0.239 e. The number of carbonyl (C=O) groups is 1. The summed E-state index contributed by atoms with van der Waals surface area (Å²) in [5, 5.41) is 0. The molecule has 1 aliphatic rings. The van der Waals surface area contributed by atoms with E-state index in [4.69, 9.17) is 5.73 Å². The van der Waals surface area contributed by atoms with Crippen molar-refractivity contribution in [2.24, 2.45) is 5.73 Å². The van der Waals surface area contributed by atoms with Crippen LogP contribution in [0.2, 0.25) is 0 Å². The zero-order valence-electron chi connectivity index (χ0n) is 11.7. The van der Waals surface area contributed by atoms with Crippen LogP contribution < -0.4 is 5.73 Å². The van der Waals surface area contributed by atoms with Crippen molar-refractivity contribution in [3.05, 3.63) is 35.9 Å². The molecule has 0 radical (unpaired) electrons. The minimum atomic E-state index is -0.409. The molecule has 2 rings (SSSR count). The molecular formula is C15H23N3O. The first-order chi connectivity index (χ1) is 9.08. The van der Waals surface area contributed by atoms with Gasteiger partial charge in [0, 0.05) is 32.7 Å². The minimum Gasteiger partial charge on any atom is -0.340 e. The predicted molar refractivity (Wildman–Crippen MR) is 76.5 cm³/mol. The SMILES string of the molecule is C[C@H](N)C(=O)N(C)C1CCN(Cc2ccccc2)C1. The highest BCUT2D eigenvalue weighted by atomic mass is 16.2. The number of likely N-dealkylation sites (N-methyl/N-ethyl adjacent to an activating group) is 1. The van der Waals surface area contributed by atoms with Gasteiger partial charge in [0.05, 0.1) is 6.04 Å². The van der Waals surface area contributed by atoms with Crippen LogP contribution in [0.25, 0.3) is 0 Å². The zero-order chi connectivity index (χ0) is 13.8. The highest BCUT2D eigenvalue weighted by Gasteiger charge is 2.29. The third-order valence-corrected chi connectivity index (χ3v) is 3.78. The number of nitrogens with zero attached hydrogens (tertiary/aromatic N) is 2. The largest absolute Gasteiger partial charge is 0.340 e. The van der Waals surface area contributed by atoms with Gasteiger partial charge in [0.1, 0.15) is 0 Å². The van der Waals surface area contributed by atoms with Crippen LogP contribution in [0.1, 0.15) is 18.9 Å². The lowest BCUT2D eigenvalue weighted by atomic mass is 10.2. The molecule has 1 aliphatic heterocycles. The first-order valence-corrected chi connectivity index (χ1v) is 6.86. The quantitative estimate of drug-likeness (QED) is 0.882. The standard InChI is InChI=1S/C15H23N3O/c1-12(16)15(19)17(2)14-8-9-18(11-14)10-13-6-4-3-5-7-13/h3-7,12,14H,8-11,16H2,1-2H3/t12-,14?/m0/s1. The number of hydrogen-bond donors (Lipinski definition) is 1. The fourth-order valence-corrected chi connectivity index (χ4v) is 2.61. The Kier molecular flexibility index (Phi) is 4.56. The minimum absolute atomic E-state index is 0.0339. The van der Waals surface area contributed by atoms with Gasteiger partial charge in [-0.1, -0.05) is 30.3 Å². The number of hydrogen-bond acceptors (Lipinski definition) is 3. The van der Waals surface area contributed by atoms with E-state index < -0.39 is 6.04 Å². The van der Waals surface area contributed by atoms with Gasteiger partial charge in [-0.3, -0.25) is 9.69 Å². The maximum absolute atomic E-state index is 11.9. The summed E-state index contributed by atoms with van der Waals surface area (Å²) in [7, 11) is 1.86. The second-order valence-electron chi connectivity index (χ2n) is 5.40. The van der Waals surface area contributed by atoms with Crippen LogP contribution in [0.15, 0.2) is 30.3 Å². The summed E-state index contributed by atoms with van der Waals surface area (Å²) in [5.74, 6) is 0.0339. The number of benzene rings is 1. The lowest BCUT2D eigenvalue weighted by Crippen LogP contribution is -2.46. The first-order valence-electron chi connectivity index (χ1n) is 6.86. The molecule has 1 saturated heterocycles. The van der Waals surface area contributed by atoms with Gasteiger partial charge in [0.2, 0.25) is 5.91 Å². The van der Waals surface area contributed by atoms with E-state index in [1.54, 1.807) is 6.92 Å². The molecule has 1 unspecified atom stereocenters. The molecule has 0 saturated carbocycles. The number of rotatable bonds is 4. The van der Waals surface area contributed by atoms with Crippen molar-refractivity contribution in [2.45, 2.75) is 32.0 Å². The van der Waals surface area contributed by atoms with Gasteiger partial charge < -0.3 is 10.6 Å². The van der Waals surface area contributed by atoms with Crippen LogP contribution >= 0.6 is 0 Å². The monoisotopic (exact) mass is 261 g/mol. The van der Waals surface area contributed by atoms with Crippen LogP contribution in [-0.2, 0) is 11.3 Å². The lowest BCUT2D eigenvalue weighted by molar-refractivity contribution is -0.132. The van der Waals surface area contributed by atoms with Gasteiger partial charge >= 0.3 is 0 Å². The molecule has 2 N–H and O–H groups in total. The van der Waals surface area contributed by atoms with Gasteiger partial charge in [0.25, 0.3) is 0 Å². The molecule has 1 amide bonds. The molecule has 1 aromatic carbocycles. The van der Waals surface area contributed by atoms with Gasteiger partial charge in [-0.15, -0.1) is 0 Å². The van der Waals surface area contributed by atoms with E-state index in [-0.39, 0.29) is 5.91 Å². The molecule has 0 spiro atoms. The van der Waals surface area contributed by atoms with Crippen molar-refractivity contribution in [1.82, 2.24) is 9.80 Å². The average molecular weight is 261 g/mol. The topological polar surface area (TPSA) is 49.6 Å². The van der Waals surface area contributed by atoms with Crippen molar-refractivity contribution in [2.75, 3.05) is 20.1 Å². The summed E-state index contributed by atoms with van der Waals surface area (Å²) in [4.78, 5) is 16.1. The highest BCUT2D eigenvalue weighted by molar-refractivity contribution is 5.81. The Morgan fingerprint density at radius 1 is 1.47 bits per heavy atom. The molecule has 1 aromatic rings. The van der Waals surface area contributed by atoms with Crippen molar-refractivity contribution >= 4 is 5.91 Å². The summed E-state index contributed by atoms with van der Waals surface area (Å²) in [6, 6.07) is 10.3. The fourth-order valence-electron chi connectivity index (χ4n) is 2.61.